The first kappa shape index (κ1) is 11.2. The Morgan fingerprint density at radius 3 is 2.65 bits per heavy atom. The summed E-state index contributed by atoms with van der Waals surface area (Å²) >= 11 is 0. The van der Waals surface area contributed by atoms with Crippen LogP contribution >= 0.6 is 0 Å². The van der Waals surface area contributed by atoms with Gasteiger partial charge in [-0.25, -0.2) is 9.37 Å². The molecule has 0 aliphatic rings. The molecule has 2 aromatic rings. The van der Waals surface area contributed by atoms with Crippen molar-refractivity contribution in [1.29, 1.82) is 0 Å². The van der Waals surface area contributed by atoms with Gasteiger partial charge in [-0.15, -0.1) is 0 Å². The first-order chi connectivity index (χ1) is 8.06. The van der Waals surface area contributed by atoms with Gasteiger partial charge in [0.2, 0.25) is 0 Å². The molecule has 0 atom stereocenters. The van der Waals surface area contributed by atoms with E-state index in [4.69, 9.17) is 11.5 Å². The number of rotatable bonds is 2. The average molecular weight is 232 g/mol. The van der Waals surface area contributed by atoms with Gasteiger partial charge in [-0.2, -0.15) is 0 Å². The highest BCUT2D eigenvalue weighted by molar-refractivity contribution is 5.66. The summed E-state index contributed by atoms with van der Waals surface area (Å²) in [5, 5.41) is 2.99. The Labute approximate surface area is 98.5 Å². The lowest BCUT2D eigenvalue weighted by Gasteiger charge is -2.10. The second-order valence-electron chi connectivity index (χ2n) is 3.76. The van der Waals surface area contributed by atoms with Crippen LogP contribution < -0.4 is 16.8 Å². The summed E-state index contributed by atoms with van der Waals surface area (Å²) in [7, 11) is 0. The number of hydrogen-bond donors (Lipinski definition) is 3. The molecule has 0 saturated heterocycles. The second kappa shape index (κ2) is 4.29. The van der Waals surface area contributed by atoms with Crippen LogP contribution in [0.25, 0.3) is 0 Å². The molecule has 4 nitrogen and oxygen atoms in total. The molecule has 0 fully saturated rings. The maximum Gasteiger partial charge on any atom is 0.149 e. The SMILES string of the molecule is Cc1ccc(F)cc1Nc1ccc(N)c(N)n1. The van der Waals surface area contributed by atoms with E-state index >= 15 is 0 Å². The monoisotopic (exact) mass is 232 g/mol. The lowest BCUT2D eigenvalue weighted by atomic mass is 10.2. The lowest BCUT2D eigenvalue weighted by Crippen LogP contribution is -2.02. The van der Waals surface area contributed by atoms with E-state index < -0.39 is 0 Å². The Balaban J connectivity index is 2.31. The number of nitrogen functional groups attached to an aromatic ring is 2. The third-order valence-electron chi connectivity index (χ3n) is 2.42. The quantitative estimate of drug-likeness (QED) is 0.743. The number of anilines is 4. The molecule has 1 aromatic carbocycles. The van der Waals surface area contributed by atoms with Gasteiger partial charge in [0.05, 0.1) is 5.69 Å². The van der Waals surface area contributed by atoms with Crippen molar-refractivity contribution in [2.24, 2.45) is 0 Å². The van der Waals surface area contributed by atoms with Gasteiger partial charge in [-0.05, 0) is 36.8 Å². The molecule has 0 aliphatic heterocycles. The van der Waals surface area contributed by atoms with Gasteiger partial charge in [-0.3, -0.25) is 0 Å². The summed E-state index contributed by atoms with van der Waals surface area (Å²) < 4.78 is 13.1. The van der Waals surface area contributed by atoms with Crippen LogP contribution in [0.2, 0.25) is 0 Å². The second-order valence-corrected chi connectivity index (χ2v) is 3.76. The topological polar surface area (TPSA) is 77.0 Å². The van der Waals surface area contributed by atoms with E-state index in [0.717, 1.165) is 5.56 Å². The summed E-state index contributed by atoms with van der Waals surface area (Å²) in [6.45, 7) is 1.88. The van der Waals surface area contributed by atoms with Crippen LogP contribution in [0.4, 0.5) is 27.4 Å². The average Bonchev–Trinajstić information content (AvgIpc) is 2.29. The van der Waals surface area contributed by atoms with Crippen molar-refractivity contribution in [2.45, 2.75) is 6.92 Å². The molecule has 0 amide bonds. The maximum absolute atomic E-state index is 13.1. The summed E-state index contributed by atoms with van der Waals surface area (Å²) in [5.74, 6) is 0.482. The molecule has 0 spiro atoms. The highest BCUT2D eigenvalue weighted by Gasteiger charge is 2.03. The Kier molecular flexibility index (Phi) is 2.82. The number of pyridine rings is 1. The molecule has 17 heavy (non-hydrogen) atoms. The molecule has 88 valence electrons. The fourth-order valence-electron chi connectivity index (χ4n) is 1.42. The molecular formula is C12H13FN4. The van der Waals surface area contributed by atoms with E-state index in [9.17, 15) is 4.39 Å². The molecule has 0 unspecified atom stereocenters. The normalized spacial score (nSPS) is 10.2. The highest BCUT2D eigenvalue weighted by Crippen LogP contribution is 2.22. The minimum atomic E-state index is -0.304. The van der Waals surface area contributed by atoms with Crippen molar-refractivity contribution < 1.29 is 4.39 Å². The molecule has 1 aromatic heterocycles. The summed E-state index contributed by atoms with van der Waals surface area (Å²) in [6, 6.07) is 7.85. The maximum atomic E-state index is 13.1. The van der Waals surface area contributed by atoms with E-state index in [0.29, 0.717) is 17.2 Å². The highest BCUT2D eigenvalue weighted by atomic mass is 19.1. The molecule has 5 heteroatoms. The van der Waals surface area contributed by atoms with E-state index in [-0.39, 0.29) is 11.6 Å². The number of hydrogen-bond acceptors (Lipinski definition) is 4. The predicted octanol–water partition coefficient (Wildman–Crippen LogP) is 2.44. The van der Waals surface area contributed by atoms with Crippen LogP contribution in [0.5, 0.6) is 0 Å². The molecule has 0 radical (unpaired) electrons. The van der Waals surface area contributed by atoms with E-state index in [2.05, 4.69) is 10.3 Å². The van der Waals surface area contributed by atoms with Crippen molar-refractivity contribution in [3.8, 4) is 0 Å². The van der Waals surface area contributed by atoms with Crippen LogP contribution in [0.15, 0.2) is 30.3 Å². The minimum Gasteiger partial charge on any atom is -0.396 e. The Morgan fingerprint density at radius 2 is 1.94 bits per heavy atom. The predicted molar refractivity (Wildman–Crippen MR) is 67.5 cm³/mol. The Hall–Kier alpha value is -2.30. The molecule has 0 aliphatic carbocycles. The van der Waals surface area contributed by atoms with Gasteiger partial charge in [0.15, 0.2) is 0 Å². The Bertz CT molecular complexity index is 554. The van der Waals surface area contributed by atoms with Crippen LogP contribution in [0.3, 0.4) is 0 Å². The fourth-order valence-corrected chi connectivity index (χ4v) is 1.42. The number of aryl methyl sites for hydroxylation is 1. The first-order valence-corrected chi connectivity index (χ1v) is 5.11. The summed E-state index contributed by atoms with van der Waals surface area (Å²) in [6.07, 6.45) is 0. The van der Waals surface area contributed by atoms with Gasteiger partial charge in [0.25, 0.3) is 0 Å². The number of nitrogens with zero attached hydrogens (tertiary/aromatic N) is 1. The standard InChI is InChI=1S/C12H13FN4/c1-7-2-3-8(13)6-10(7)16-11-5-4-9(14)12(15)17-11/h2-6H,14H2,1H3,(H3,15,16,17). The zero-order valence-electron chi connectivity index (χ0n) is 9.37. The number of aromatic nitrogens is 1. The Morgan fingerprint density at radius 1 is 1.18 bits per heavy atom. The van der Waals surface area contributed by atoms with Crippen LogP contribution in [0.1, 0.15) is 5.56 Å². The van der Waals surface area contributed by atoms with Gasteiger partial charge >= 0.3 is 0 Å². The molecule has 5 N–H and O–H groups in total. The van der Waals surface area contributed by atoms with Gasteiger partial charge in [0, 0.05) is 5.69 Å². The number of nitrogens with one attached hydrogen (secondary N) is 1. The molecule has 0 bridgehead atoms. The molecule has 2 rings (SSSR count). The van der Waals surface area contributed by atoms with Crippen molar-refractivity contribution in [3.05, 3.63) is 41.7 Å². The number of nitrogens with two attached hydrogens (primary N) is 2. The van der Waals surface area contributed by atoms with Crippen molar-refractivity contribution >= 4 is 23.0 Å². The fraction of sp³-hybridized carbons (Fsp3) is 0.0833. The van der Waals surface area contributed by atoms with E-state index in [1.807, 2.05) is 6.92 Å². The van der Waals surface area contributed by atoms with E-state index in [1.165, 1.54) is 12.1 Å². The van der Waals surface area contributed by atoms with Gasteiger partial charge < -0.3 is 16.8 Å². The largest absolute Gasteiger partial charge is 0.396 e. The number of benzene rings is 1. The van der Waals surface area contributed by atoms with E-state index in [1.54, 1.807) is 18.2 Å². The summed E-state index contributed by atoms with van der Waals surface area (Å²) in [4.78, 5) is 4.06. The first-order valence-electron chi connectivity index (χ1n) is 5.11. The molecule has 1 heterocycles. The van der Waals surface area contributed by atoms with Crippen LogP contribution in [0, 0.1) is 12.7 Å². The van der Waals surface area contributed by atoms with Crippen molar-refractivity contribution in [3.63, 3.8) is 0 Å². The lowest BCUT2D eigenvalue weighted by molar-refractivity contribution is 0.628. The zero-order valence-corrected chi connectivity index (χ0v) is 9.37. The zero-order chi connectivity index (χ0) is 12.4. The smallest absolute Gasteiger partial charge is 0.149 e. The van der Waals surface area contributed by atoms with Crippen LogP contribution in [-0.2, 0) is 0 Å². The van der Waals surface area contributed by atoms with Crippen LogP contribution in [-0.4, -0.2) is 4.98 Å². The van der Waals surface area contributed by atoms with Gasteiger partial charge in [0.1, 0.15) is 17.5 Å². The minimum absolute atomic E-state index is 0.254. The van der Waals surface area contributed by atoms with Crippen molar-refractivity contribution in [1.82, 2.24) is 4.98 Å². The van der Waals surface area contributed by atoms with Crippen molar-refractivity contribution in [2.75, 3.05) is 16.8 Å². The molecular weight excluding hydrogens is 219 g/mol. The van der Waals surface area contributed by atoms with Gasteiger partial charge in [-0.1, -0.05) is 6.07 Å². The summed E-state index contributed by atoms with van der Waals surface area (Å²) in [5.41, 5.74) is 13.1. The molecule has 0 saturated carbocycles. The third kappa shape index (κ3) is 2.44. The third-order valence-corrected chi connectivity index (χ3v) is 2.42. The number of halogens is 1.